The van der Waals surface area contributed by atoms with Crippen LogP contribution in [-0.2, 0) is 14.8 Å². The van der Waals surface area contributed by atoms with E-state index in [9.17, 15) is 8.42 Å². The van der Waals surface area contributed by atoms with Crippen molar-refractivity contribution in [2.24, 2.45) is 0 Å². The Morgan fingerprint density at radius 2 is 2.29 bits per heavy atom. The van der Waals surface area contributed by atoms with E-state index in [1.807, 2.05) is 6.92 Å². The third-order valence-electron chi connectivity index (χ3n) is 3.52. The van der Waals surface area contributed by atoms with Crippen LogP contribution in [0.15, 0.2) is 0 Å². The molecule has 0 amide bonds. The first kappa shape index (κ1) is 13.3. The van der Waals surface area contributed by atoms with Crippen molar-refractivity contribution in [2.45, 2.75) is 38.3 Å². The van der Waals surface area contributed by atoms with Crippen LogP contribution in [0.2, 0.25) is 0 Å². The summed E-state index contributed by atoms with van der Waals surface area (Å²) >= 11 is 0. The summed E-state index contributed by atoms with van der Waals surface area (Å²) in [5, 5.41) is 3.24. The lowest BCUT2D eigenvalue weighted by atomic mass is 10.2. The monoisotopic (exact) mass is 262 g/mol. The first-order valence-corrected chi connectivity index (χ1v) is 8.05. The molecule has 0 aromatic rings. The van der Waals surface area contributed by atoms with E-state index in [2.05, 4.69) is 5.32 Å². The molecule has 2 saturated heterocycles. The van der Waals surface area contributed by atoms with E-state index in [4.69, 9.17) is 4.74 Å². The maximum absolute atomic E-state index is 12.2. The Kier molecular flexibility index (Phi) is 4.41. The fourth-order valence-electron chi connectivity index (χ4n) is 2.45. The van der Waals surface area contributed by atoms with Crippen LogP contribution < -0.4 is 5.32 Å². The first-order chi connectivity index (χ1) is 8.12. The second-order valence-corrected chi connectivity index (χ2v) is 6.84. The van der Waals surface area contributed by atoms with Gasteiger partial charge in [0.2, 0.25) is 10.0 Å². The van der Waals surface area contributed by atoms with Crippen LogP contribution >= 0.6 is 0 Å². The van der Waals surface area contributed by atoms with Crippen LogP contribution in [0.3, 0.4) is 0 Å². The molecule has 1 N–H and O–H groups in total. The van der Waals surface area contributed by atoms with Crippen LogP contribution in [-0.4, -0.2) is 56.9 Å². The number of ether oxygens (including phenoxy) is 1. The fourth-order valence-corrected chi connectivity index (χ4v) is 4.20. The zero-order valence-electron chi connectivity index (χ0n) is 10.4. The molecule has 0 spiro atoms. The molecule has 2 atom stereocenters. The maximum atomic E-state index is 12.2. The topological polar surface area (TPSA) is 58.6 Å². The van der Waals surface area contributed by atoms with Gasteiger partial charge in [0.15, 0.2) is 0 Å². The predicted molar refractivity (Wildman–Crippen MR) is 66.4 cm³/mol. The highest BCUT2D eigenvalue weighted by atomic mass is 32.2. The van der Waals surface area contributed by atoms with Crippen LogP contribution in [0.1, 0.15) is 26.2 Å². The van der Waals surface area contributed by atoms with E-state index in [1.165, 1.54) is 0 Å². The molecule has 0 aromatic carbocycles. The second-order valence-electron chi connectivity index (χ2n) is 4.83. The number of hydrogen-bond acceptors (Lipinski definition) is 4. The minimum atomic E-state index is -3.12. The SMILES string of the molecule is CCC1CN(S(=O)(=O)CC2CCCN2)CCO1. The molecule has 2 fully saturated rings. The van der Waals surface area contributed by atoms with Gasteiger partial charge in [0.25, 0.3) is 0 Å². The molecule has 2 aliphatic rings. The average Bonchev–Trinajstić information content (AvgIpc) is 2.81. The van der Waals surface area contributed by atoms with Gasteiger partial charge in [0, 0.05) is 19.1 Å². The molecular formula is C11H22N2O3S. The largest absolute Gasteiger partial charge is 0.375 e. The van der Waals surface area contributed by atoms with Crippen molar-refractivity contribution >= 4 is 10.0 Å². The average molecular weight is 262 g/mol. The smallest absolute Gasteiger partial charge is 0.215 e. The van der Waals surface area contributed by atoms with Crippen molar-refractivity contribution in [3.05, 3.63) is 0 Å². The third-order valence-corrected chi connectivity index (χ3v) is 5.47. The molecule has 0 saturated carbocycles. The number of sulfonamides is 1. The standard InChI is InChI=1S/C11H22N2O3S/c1-2-11-8-13(6-7-16-11)17(14,15)9-10-4-3-5-12-10/h10-12H,2-9H2,1H3. The van der Waals surface area contributed by atoms with Gasteiger partial charge in [-0.25, -0.2) is 8.42 Å². The predicted octanol–water partition coefficient (Wildman–Crippen LogP) is 0.179. The van der Waals surface area contributed by atoms with Gasteiger partial charge in [-0.05, 0) is 25.8 Å². The Bertz CT molecular complexity index is 339. The lowest BCUT2D eigenvalue weighted by Crippen LogP contribution is -2.48. The van der Waals surface area contributed by atoms with Gasteiger partial charge >= 0.3 is 0 Å². The Morgan fingerprint density at radius 1 is 1.47 bits per heavy atom. The quantitative estimate of drug-likeness (QED) is 0.785. The molecule has 17 heavy (non-hydrogen) atoms. The zero-order valence-corrected chi connectivity index (χ0v) is 11.2. The first-order valence-electron chi connectivity index (χ1n) is 6.44. The van der Waals surface area contributed by atoms with Gasteiger partial charge < -0.3 is 10.1 Å². The number of hydrogen-bond donors (Lipinski definition) is 1. The Labute approximate surface area is 104 Å². The van der Waals surface area contributed by atoms with Gasteiger partial charge in [0.1, 0.15) is 0 Å². The van der Waals surface area contributed by atoms with Crippen molar-refractivity contribution in [2.75, 3.05) is 32.0 Å². The minimum Gasteiger partial charge on any atom is -0.375 e. The zero-order chi connectivity index (χ0) is 12.3. The van der Waals surface area contributed by atoms with Crippen LogP contribution in [0.4, 0.5) is 0 Å². The molecule has 0 radical (unpaired) electrons. The summed E-state index contributed by atoms with van der Waals surface area (Å²) < 4.78 is 31.6. The van der Waals surface area contributed by atoms with Gasteiger partial charge in [-0.15, -0.1) is 0 Å². The van der Waals surface area contributed by atoms with Crippen LogP contribution in [0, 0.1) is 0 Å². The summed E-state index contributed by atoms with van der Waals surface area (Å²) in [6.45, 7) is 4.52. The van der Waals surface area contributed by atoms with E-state index in [0.717, 1.165) is 25.8 Å². The Balaban J connectivity index is 1.94. The molecule has 2 heterocycles. The van der Waals surface area contributed by atoms with Crippen molar-refractivity contribution in [1.82, 2.24) is 9.62 Å². The molecule has 2 aliphatic heterocycles. The molecule has 100 valence electrons. The molecule has 5 nitrogen and oxygen atoms in total. The number of nitrogens with zero attached hydrogens (tertiary/aromatic N) is 1. The van der Waals surface area contributed by atoms with E-state index in [1.54, 1.807) is 4.31 Å². The lowest BCUT2D eigenvalue weighted by molar-refractivity contribution is -0.00281. The van der Waals surface area contributed by atoms with Crippen LogP contribution in [0.5, 0.6) is 0 Å². The Hall–Kier alpha value is -0.170. The molecule has 0 aliphatic carbocycles. The summed E-state index contributed by atoms with van der Waals surface area (Å²) in [6.07, 6.45) is 2.99. The molecule has 2 unspecified atom stereocenters. The highest BCUT2D eigenvalue weighted by Crippen LogP contribution is 2.15. The Morgan fingerprint density at radius 3 is 2.94 bits per heavy atom. The van der Waals surface area contributed by atoms with Gasteiger partial charge in [0.05, 0.1) is 18.5 Å². The van der Waals surface area contributed by atoms with Crippen molar-refractivity contribution in [3.8, 4) is 0 Å². The van der Waals surface area contributed by atoms with Crippen molar-refractivity contribution in [1.29, 1.82) is 0 Å². The molecule has 0 aromatic heterocycles. The van der Waals surface area contributed by atoms with Crippen molar-refractivity contribution < 1.29 is 13.2 Å². The summed E-state index contributed by atoms with van der Waals surface area (Å²) in [4.78, 5) is 0. The molecular weight excluding hydrogens is 240 g/mol. The summed E-state index contributed by atoms with van der Waals surface area (Å²) in [6, 6.07) is 0.142. The highest BCUT2D eigenvalue weighted by Gasteiger charge is 2.31. The molecule has 0 bridgehead atoms. The highest BCUT2D eigenvalue weighted by molar-refractivity contribution is 7.89. The minimum absolute atomic E-state index is 0.0649. The van der Waals surface area contributed by atoms with E-state index >= 15 is 0 Å². The van der Waals surface area contributed by atoms with E-state index in [-0.39, 0.29) is 17.9 Å². The van der Waals surface area contributed by atoms with E-state index < -0.39 is 10.0 Å². The maximum Gasteiger partial charge on any atom is 0.215 e. The summed E-state index contributed by atoms with van der Waals surface area (Å²) in [5.74, 6) is 0.240. The van der Waals surface area contributed by atoms with Gasteiger partial charge in [-0.1, -0.05) is 6.92 Å². The normalized spacial score (nSPS) is 31.8. The lowest BCUT2D eigenvalue weighted by Gasteiger charge is -2.32. The summed E-state index contributed by atoms with van der Waals surface area (Å²) in [5.41, 5.74) is 0. The van der Waals surface area contributed by atoms with E-state index in [0.29, 0.717) is 19.7 Å². The summed E-state index contributed by atoms with van der Waals surface area (Å²) in [7, 11) is -3.12. The van der Waals surface area contributed by atoms with Gasteiger partial charge in [-0.2, -0.15) is 4.31 Å². The second kappa shape index (κ2) is 5.65. The molecule has 6 heteroatoms. The van der Waals surface area contributed by atoms with Gasteiger partial charge in [-0.3, -0.25) is 0 Å². The van der Waals surface area contributed by atoms with Crippen molar-refractivity contribution in [3.63, 3.8) is 0 Å². The fraction of sp³-hybridized carbons (Fsp3) is 1.00. The number of rotatable bonds is 4. The number of nitrogens with one attached hydrogen (secondary N) is 1. The third kappa shape index (κ3) is 3.40. The number of morpholine rings is 1. The van der Waals surface area contributed by atoms with Crippen LogP contribution in [0.25, 0.3) is 0 Å². The molecule has 2 rings (SSSR count).